The molecule has 3 nitrogen and oxygen atoms in total. The van der Waals surface area contributed by atoms with Crippen molar-refractivity contribution in [2.75, 3.05) is 12.3 Å². The number of carbonyl (C=O) groups is 1. The van der Waals surface area contributed by atoms with Gasteiger partial charge >= 0.3 is 0 Å². The summed E-state index contributed by atoms with van der Waals surface area (Å²) in [5.41, 5.74) is 6.39. The van der Waals surface area contributed by atoms with Crippen molar-refractivity contribution in [2.24, 2.45) is 5.92 Å². The average Bonchev–Trinajstić information content (AvgIpc) is 2.83. The first-order valence-corrected chi connectivity index (χ1v) is 8.22. The van der Waals surface area contributed by atoms with Gasteiger partial charge in [-0.3, -0.25) is 4.79 Å². The minimum Gasteiger partial charge on any atom is -0.397 e. The molecule has 1 aromatic carbocycles. The van der Waals surface area contributed by atoms with Crippen molar-refractivity contribution in [2.45, 2.75) is 32.1 Å². The van der Waals surface area contributed by atoms with Crippen LogP contribution in [0.15, 0.2) is 18.2 Å². The number of nitrogens with two attached hydrogens (primary N) is 1. The molecule has 5 heteroatoms. The number of nitrogens with one attached hydrogen (secondary N) is 1. The van der Waals surface area contributed by atoms with Crippen LogP contribution in [0, 0.1) is 11.7 Å². The SMILES string of the molecule is Nc1c(C(=O)NCC2CCCCC2)sc2ccc(F)cc12. The summed E-state index contributed by atoms with van der Waals surface area (Å²) in [7, 11) is 0. The Bertz CT molecular complexity index is 662. The number of carbonyl (C=O) groups excluding carboxylic acids is 1. The van der Waals surface area contributed by atoms with Crippen LogP contribution in [0.25, 0.3) is 10.1 Å². The van der Waals surface area contributed by atoms with E-state index in [-0.39, 0.29) is 11.7 Å². The Kier molecular flexibility index (Phi) is 4.10. The summed E-state index contributed by atoms with van der Waals surface area (Å²) in [6.07, 6.45) is 6.19. The average molecular weight is 306 g/mol. The molecule has 3 N–H and O–H groups in total. The topological polar surface area (TPSA) is 55.1 Å². The number of anilines is 1. The molecular weight excluding hydrogens is 287 g/mol. The Morgan fingerprint density at radius 1 is 1.33 bits per heavy atom. The van der Waals surface area contributed by atoms with Gasteiger partial charge in [-0.1, -0.05) is 19.3 Å². The van der Waals surface area contributed by atoms with E-state index in [4.69, 9.17) is 5.73 Å². The van der Waals surface area contributed by atoms with Crippen LogP contribution < -0.4 is 11.1 Å². The maximum absolute atomic E-state index is 13.3. The predicted molar refractivity (Wildman–Crippen MR) is 85.1 cm³/mol. The van der Waals surface area contributed by atoms with Crippen molar-refractivity contribution < 1.29 is 9.18 Å². The summed E-state index contributed by atoms with van der Waals surface area (Å²) in [5.74, 6) is 0.108. The zero-order valence-corrected chi connectivity index (χ0v) is 12.6. The number of amides is 1. The molecule has 1 heterocycles. The van der Waals surface area contributed by atoms with Crippen molar-refractivity contribution in [3.63, 3.8) is 0 Å². The molecule has 3 rings (SSSR count). The van der Waals surface area contributed by atoms with Gasteiger partial charge in [0.15, 0.2) is 0 Å². The summed E-state index contributed by atoms with van der Waals surface area (Å²) in [5, 5.41) is 3.61. The highest BCUT2D eigenvalue weighted by Gasteiger charge is 2.19. The van der Waals surface area contributed by atoms with Crippen LogP contribution in [0.1, 0.15) is 41.8 Å². The quantitative estimate of drug-likeness (QED) is 0.902. The first-order chi connectivity index (χ1) is 10.1. The van der Waals surface area contributed by atoms with Gasteiger partial charge in [-0.05, 0) is 37.0 Å². The van der Waals surface area contributed by atoms with Crippen molar-refractivity contribution in [3.8, 4) is 0 Å². The highest BCUT2D eigenvalue weighted by molar-refractivity contribution is 7.21. The molecule has 2 aromatic rings. The van der Waals surface area contributed by atoms with Gasteiger partial charge in [0.25, 0.3) is 5.91 Å². The summed E-state index contributed by atoms with van der Waals surface area (Å²) >= 11 is 1.32. The molecule has 1 aliphatic rings. The van der Waals surface area contributed by atoms with Gasteiger partial charge in [0.2, 0.25) is 0 Å². The number of benzene rings is 1. The third kappa shape index (κ3) is 3.02. The monoisotopic (exact) mass is 306 g/mol. The summed E-state index contributed by atoms with van der Waals surface area (Å²) in [6.45, 7) is 0.709. The molecule has 0 aliphatic heterocycles. The molecule has 1 amide bonds. The molecule has 0 radical (unpaired) electrons. The smallest absolute Gasteiger partial charge is 0.263 e. The third-order valence-corrected chi connectivity index (χ3v) is 5.36. The number of fused-ring (bicyclic) bond motifs is 1. The first-order valence-electron chi connectivity index (χ1n) is 7.41. The van der Waals surface area contributed by atoms with Crippen LogP contribution in [-0.4, -0.2) is 12.5 Å². The lowest BCUT2D eigenvalue weighted by atomic mass is 9.89. The van der Waals surface area contributed by atoms with E-state index in [0.29, 0.717) is 28.4 Å². The van der Waals surface area contributed by atoms with Crippen molar-refractivity contribution in [3.05, 3.63) is 28.9 Å². The number of hydrogen-bond donors (Lipinski definition) is 2. The van der Waals surface area contributed by atoms with Gasteiger partial charge in [0.1, 0.15) is 10.7 Å². The molecule has 1 aliphatic carbocycles. The third-order valence-electron chi connectivity index (χ3n) is 4.17. The van der Waals surface area contributed by atoms with E-state index >= 15 is 0 Å². The predicted octanol–water partition coefficient (Wildman–Crippen LogP) is 3.93. The Morgan fingerprint density at radius 3 is 2.86 bits per heavy atom. The van der Waals surface area contributed by atoms with E-state index < -0.39 is 0 Å². The Hall–Kier alpha value is -1.62. The maximum Gasteiger partial charge on any atom is 0.263 e. The minimum atomic E-state index is -0.332. The van der Waals surface area contributed by atoms with Crippen LogP contribution in [0.5, 0.6) is 0 Å². The lowest BCUT2D eigenvalue weighted by molar-refractivity contribution is 0.0948. The van der Waals surface area contributed by atoms with Gasteiger partial charge in [-0.15, -0.1) is 11.3 Å². The number of rotatable bonds is 3. The molecular formula is C16H19FN2OS. The number of halogens is 1. The van der Waals surface area contributed by atoms with Crippen LogP contribution in [-0.2, 0) is 0 Å². The van der Waals surface area contributed by atoms with Gasteiger partial charge in [-0.25, -0.2) is 4.39 Å². The van der Waals surface area contributed by atoms with Gasteiger partial charge < -0.3 is 11.1 Å². The second-order valence-corrected chi connectivity index (χ2v) is 6.75. The molecule has 21 heavy (non-hydrogen) atoms. The fourth-order valence-corrected chi connectivity index (χ4v) is 3.99. The Balaban J connectivity index is 1.73. The number of nitrogen functional groups attached to an aromatic ring is 1. The molecule has 1 fully saturated rings. The van der Waals surface area contributed by atoms with E-state index in [9.17, 15) is 9.18 Å². The standard InChI is InChI=1S/C16H19FN2OS/c17-11-6-7-13-12(8-11)14(18)15(21-13)16(20)19-9-10-4-2-1-3-5-10/h6-8,10H,1-5,9,18H2,(H,19,20). The molecule has 0 saturated heterocycles. The summed E-state index contributed by atoms with van der Waals surface area (Å²) in [6, 6.07) is 4.45. The number of hydrogen-bond acceptors (Lipinski definition) is 3. The van der Waals surface area contributed by atoms with E-state index in [1.165, 1.54) is 55.6 Å². The van der Waals surface area contributed by atoms with Crippen molar-refractivity contribution >= 4 is 33.0 Å². The van der Waals surface area contributed by atoms with E-state index in [1.54, 1.807) is 6.07 Å². The van der Waals surface area contributed by atoms with Crippen LogP contribution in [0.3, 0.4) is 0 Å². The Morgan fingerprint density at radius 2 is 2.10 bits per heavy atom. The van der Waals surface area contributed by atoms with Gasteiger partial charge in [0.05, 0.1) is 5.69 Å². The normalized spacial score (nSPS) is 16.2. The Labute approximate surface area is 127 Å². The minimum absolute atomic E-state index is 0.139. The summed E-state index contributed by atoms with van der Waals surface area (Å²) in [4.78, 5) is 12.8. The first kappa shape index (κ1) is 14.3. The van der Waals surface area contributed by atoms with Crippen LogP contribution >= 0.6 is 11.3 Å². The zero-order chi connectivity index (χ0) is 14.8. The van der Waals surface area contributed by atoms with Gasteiger partial charge in [0, 0.05) is 16.6 Å². The molecule has 0 atom stereocenters. The maximum atomic E-state index is 13.3. The van der Waals surface area contributed by atoms with Crippen molar-refractivity contribution in [1.82, 2.24) is 5.32 Å². The highest BCUT2D eigenvalue weighted by atomic mass is 32.1. The highest BCUT2D eigenvalue weighted by Crippen LogP contribution is 2.34. The van der Waals surface area contributed by atoms with E-state index in [2.05, 4.69) is 5.32 Å². The molecule has 1 saturated carbocycles. The van der Waals surface area contributed by atoms with Crippen LogP contribution in [0.4, 0.5) is 10.1 Å². The molecule has 112 valence electrons. The molecule has 1 aromatic heterocycles. The number of thiophene rings is 1. The second-order valence-electron chi connectivity index (χ2n) is 5.70. The lowest BCUT2D eigenvalue weighted by Gasteiger charge is -2.21. The van der Waals surface area contributed by atoms with E-state index in [1.807, 2.05) is 0 Å². The fourth-order valence-electron chi connectivity index (χ4n) is 2.97. The zero-order valence-electron chi connectivity index (χ0n) is 11.8. The molecule has 0 spiro atoms. The summed E-state index contributed by atoms with van der Waals surface area (Å²) < 4.78 is 14.1. The van der Waals surface area contributed by atoms with Gasteiger partial charge in [-0.2, -0.15) is 0 Å². The second kappa shape index (κ2) is 6.02. The van der Waals surface area contributed by atoms with E-state index in [0.717, 1.165) is 4.70 Å². The van der Waals surface area contributed by atoms with Crippen LogP contribution in [0.2, 0.25) is 0 Å². The largest absolute Gasteiger partial charge is 0.397 e. The fraction of sp³-hybridized carbons (Fsp3) is 0.438. The molecule has 0 unspecified atom stereocenters. The van der Waals surface area contributed by atoms with Crippen molar-refractivity contribution in [1.29, 1.82) is 0 Å². The lowest BCUT2D eigenvalue weighted by Crippen LogP contribution is -2.30. The molecule has 0 bridgehead atoms.